The van der Waals surface area contributed by atoms with Crippen LogP contribution in [0.1, 0.15) is 19.8 Å². The van der Waals surface area contributed by atoms with Gasteiger partial charge in [-0.1, -0.05) is 25.8 Å². The van der Waals surface area contributed by atoms with E-state index in [2.05, 4.69) is 19.7 Å². The maximum absolute atomic E-state index is 12.0. The van der Waals surface area contributed by atoms with Crippen LogP contribution in [-0.2, 0) is 14.3 Å². The van der Waals surface area contributed by atoms with Gasteiger partial charge in [-0.15, -0.1) is 0 Å². The van der Waals surface area contributed by atoms with Gasteiger partial charge in [-0.2, -0.15) is 0 Å². The molecule has 20 heavy (non-hydrogen) atoms. The van der Waals surface area contributed by atoms with E-state index in [-0.39, 0.29) is 12.6 Å². The minimum atomic E-state index is -1.09. The minimum Gasteiger partial charge on any atom is -0.448 e. The first-order valence-corrected chi connectivity index (χ1v) is 6.51. The van der Waals surface area contributed by atoms with Crippen molar-refractivity contribution < 1.29 is 19.1 Å². The zero-order chi connectivity index (χ0) is 15.2. The van der Waals surface area contributed by atoms with E-state index in [9.17, 15) is 9.59 Å². The Labute approximate surface area is 119 Å². The fraction of sp³-hybridized carbons (Fsp3) is 0.467. The fourth-order valence-electron chi connectivity index (χ4n) is 2.42. The van der Waals surface area contributed by atoms with Crippen molar-refractivity contribution in [2.75, 3.05) is 13.2 Å². The molecular formula is C15H21NO4. The first-order chi connectivity index (χ1) is 9.50. The van der Waals surface area contributed by atoms with Crippen LogP contribution in [0.25, 0.3) is 0 Å². The summed E-state index contributed by atoms with van der Waals surface area (Å²) in [5.41, 5.74) is -1.09. The average Bonchev–Trinajstić information content (AvgIpc) is 2.91. The molecule has 1 amide bonds. The van der Waals surface area contributed by atoms with Crippen LogP contribution in [0, 0.1) is 0 Å². The van der Waals surface area contributed by atoms with Crippen LogP contribution in [-0.4, -0.2) is 41.8 Å². The van der Waals surface area contributed by atoms with Crippen LogP contribution in [0.2, 0.25) is 0 Å². The smallest absolute Gasteiger partial charge is 0.410 e. The van der Waals surface area contributed by atoms with E-state index >= 15 is 0 Å². The third-order valence-corrected chi connectivity index (χ3v) is 3.29. The molecule has 0 spiro atoms. The number of ether oxygens (including phenoxy) is 2. The zero-order valence-electron chi connectivity index (χ0n) is 11.8. The van der Waals surface area contributed by atoms with Crippen molar-refractivity contribution in [2.45, 2.75) is 31.4 Å². The molecule has 5 nitrogen and oxygen atoms in total. The van der Waals surface area contributed by atoms with Crippen LogP contribution in [0.3, 0.4) is 0 Å². The molecule has 0 aliphatic carbocycles. The topological polar surface area (TPSA) is 55.8 Å². The van der Waals surface area contributed by atoms with Gasteiger partial charge in [0.2, 0.25) is 0 Å². The number of carbonyl (C=O) groups excluding carboxylic acids is 2. The number of nitrogens with zero attached hydrogens (tertiary/aromatic N) is 1. The van der Waals surface area contributed by atoms with Gasteiger partial charge in [0.15, 0.2) is 5.60 Å². The van der Waals surface area contributed by atoms with E-state index < -0.39 is 17.7 Å². The third-order valence-electron chi connectivity index (χ3n) is 3.29. The number of likely N-dealkylation sites (tertiary alicyclic amines) is 1. The minimum absolute atomic E-state index is 0.144. The molecule has 1 fully saturated rings. The summed E-state index contributed by atoms with van der Waals surface area (Å²) in [6.07, 6.45) is 5.56. The van der Waals surface area contributed by atoms with Crippen molar-refractivity contribution in [3.63, 3.8) is 0 Å². The van der Waals surface area contributed by atoms with Crippen LogP contribution in [0.15, 0.2) is 38.0 Å². The van der Waals surface area contributed by atoms with Crippen molar-refractivity contribution >= 4 is 12.1 Å². The number of carbonyl (C=O) groups is 2. The third kappa shape index (κ3) is 3.29. The maximum Gasteiger partial charge on any atom is 0.410 e. The predicted molar refractivity (Wildman–Crippen MR) is 76.2 cm³/mol. The molecule has 0 aromatic heterocycles. The zero-order valence-corrected chi connectivity index (χ0v) is 11.8. The number of amides is 1. The molecule has 1 heterocycles. The normalized spacial score (nSPS) is 18.2. The molecule has 0 N–H and O–H groups in total. The molecule has 0 unspecified atom stereocenters. The molecule has 0 aromatic rings. The van der Waals surface area contributed by atoms with E-state index in [1.165, 1.54) is 25.2 Å². The van der Waals surface area contributed by atoms with Crippen LogP contribution < -0.4 is 0 Å². The lowest BCUT2D eigenvalue weighted by molar-refractivity contribution is -0.152. The van der Waals surface area contributed by atoms with E-state index in [0.29, 0.717) is 13.0 Å². The summed E-state index contributed by atoms with van der Waals surface area (Å²) < 4.78 is 10.4. The van der Waals surface area contributed by atoms with Crippen molar-refractivity contribution in [3.8, 4) is 0 Å². The Morgan fingerprint density at radius 3 is 2.50 bits per heavy atom. The number of hydrogen-bond acceptors (Lipinski definition) is 4. The lowest BCUT2D eigenvalue weighted by Gasteiger charge is -2.37. The summed E-state index contributed by atoms with van der Waals surface area (Å²) in [6, 6.07) is -0.348. The summed E-state index contributed by atoms with van der Waals surface area (Å²) in [7, 11) is 0. The molecule has 1 atom stereocenters. The molecule has 1 aliphatic heterocycles. The summed E-state index contributed by atoms with van der Waals surface area (Å²) in [6.45, 7) is 12.9. The van der Waals surface area contributed by atoms with Gasteiger partial charge in [0.05, 0.1) is 6.04 Å². The van der Waals surface area contributed by atoms with Crippen LogP contribution in [0.5, 0.6) is 0 Å². The molecule has 110 valence electrons. The molecule has 1 rings (SSSR count). The van der Waals surface area contributed by atoms with Gasteiger partial charge in [-0.25, -0.2) is 4.79 Å². The van der Waals surface area contributed by atoms with Gasteiger partial charge in [0.1, 0.15) is 6.61 Å². The molecule has 0 bridgehead atoms. The highest BCUT2D eigenvalue weighted by molar-refractivity contribution is 5.70. The van der Waals surface area contributed by atoms with Gasteiger partial charge in [-0.05, 0) is 25.0 Å². The fourth-order valence-corrected chi connectivity index (χ4v) is 2.42. The van der Waals surface area contributed by atoms with Crippen molar-refractivity contribution in [3.05, 3.63) is 38.0 Å². The Morgan fingerprint density at radius 2 is 2.00 bits per heavy atom. The Morgan fingerprint density at radius 1 is 1.35 bits per heavy atom. The van der Waals surface area contributed by atoms with Gasteiger partial charge in [-0.3, -0.25) is 4.79 Å². The second-order valence-corrected chi connectivity index (χ2v) is 4.57. The van der Waals surface area contributed by atoms with Crippen molar-refractivity contribution in [1.29, 1.82) is 0 Å². The van der Waals surface area contributed by atoms with E-state index in [0.717, 1.165) is 6.42 Å². The monoisotopic (exact) mass is 279 g/mol. The molecular weight excluding hydrogens is 258 g/mol. The second kappa shape index (κ2) is 6.93. The molecule has 1 saturated heterocycles. The number of rotatable bonds is 6. The van der Waals surface area contributed by atoms with Gasteiger partial charge >= 0.3 is 12.1 Å². The van der Waals surface area contributed by atoms with E-state index in [1.807, 2.05) is 0 Å². The standard InChI is InChI=1S/C15H21NO4/c1-5-11-19-14(18)16-10-8-9-13(16)15(6-2,7-3)20-12(4)17/h5-7,13H,1-3,8-11H2,4H3/t13-/m0/s1. The molecule has 0 radical (unpaired) electrons. The number of hydrogen-bond donors (Lipinski definition) is 0. The van der Waals surface area contributed by atoms with Crippen molar-refractivity contribution in [2.24, 2.45) is 0 Å². The Hall–Kier alpha value is -2.04. The summed E-state index contributed by atoms with van der Waals surface area (Å²) in [5, 5.41) is 0. The van der Waals surface area contributed by atoms with Crippen LogP contribution in [0.4, 0.5) is 4.79 Å². The Kier molecular flexibility index (Phi) is 5.55. The molecule has 5 heteroatoms. The highest BCUT2D eigenvalue weighted by Crippen LogP contribution is 2.32. The van der Waals surface area contributed by atoms with Crippen molar-refractivity contribution in [1.82, 2.24) is 4.90 Å². The SMILES string of the molecule is C=CCOC(=O)N1CCC[C@H]1C(C=C)(C=C)OC(C)=O. The molecule has 0 saturated carbocycles. The maximum atomic E-state index is 12.0. The Balaban J connectivity index is 2.96. The predicted octanol–water partition coefficient (Wildman–Crippen LogP) is 2.45. The molecule has 0 aromatic carbocycles. The first-order valence-electron chi connectivity index (χ1n) is 6.51. The van der Waals surface area contributed by atoms with E-state index in [1.54, 1.807) is 4.90 Å². The van der Waals surface area contributed by atoms with Gasteiger partial charge < -0.3 is 14.4 Å². The second-order valence-electron chi connectivity index (χ2n) is 4.57. The average molecular weight is 279 g/mol. The lowest BCUT2D eigenvalue weighted by atomic mass is 9.92. The van der Waals surface area contributed by atoms with Gasteiger partial charge in [0.25, 0.3) is 0 Å². The first kappa shape index (κ1) is 16.0. The largest absolute Gasteiger partial charge is 0.448 e. The van der Waals surface area contributed by atoms with Gasteiger partial charge in [0, 0.05) is 13.5 Å². The number of esters is 1. The highest BCUT2D eigenvalue weighted by atomic mass is 16.6. The van der Waals surface area contributed by atoms with E-state index in [4.69, 9.17) is 9.47 Å². The molecule has 1 aliphatic rings. The summed E-state index contributed by atoms with van der Waals surface area (Å²) >= 11 is 0. The quantitative estimate of drug-likeness (QED) is 0.553. The summed E-state index contributed by atoms with van der Waals surface area (Å²) in [5.74, 6) is -0.448. The van der Waals surface area contributed by atoms with Crippen LogP contribution >= 0.6 is 0 Å². The lowest BCUT2D eigenvalue weighted by Crippen LogP contribution is -2.51. The Bertz CT molecular complexity index is 408. The highest BCUT2D eigenvalue weighted by Gasteiger charge is 2.45. The summed E-state index contributed by atoms with van der Waals surface area (Å²) in [4.78, 5) is 24.9.